The van der Waals surface area contributed by atoms with Crippen LogP contribution in [0.5, 0.6) is 0 Å². The second kappa shape index (κ2) is 7.72. The van der Waals surface area contributed by atoms with Gasteiger partial charge in [0.15, 0.2) is 0 Å². The molecule has 1 heterocycles. The van der Waals surface area contributed by atoms with E-state index in [1.807, 2.05) is 0 Å². The molecule has 0 saturated carbocycles. The van der Waals surface area contributed by atoms with E-state index in [9.17, 15) is 9.59 Å². The zero-order valence-electron chi connectivity index (χ0n) is 10.9. The highest BCUT2D eigenvalue weighted by atomic mass is 16.5. The molecule has 0 atom stereocenters. The number of rotatable bonds is 5. The van der Waals surface area contributed by atoms with Crippen molar-refractivity contribution in [3.05, 3.63) is 0 Å². The van der Waals surface area contributed by atoms with Crippen LogP contribution in [-0.4, -0.2) is 61.0 Å². The van der Waals surface area contributed by atoms with Crippen molar-refractivity contribution in [2.45, 2.75) is 19.8 Å². The van der Waals surface area contributed by atoms with Crippen molar-refractivity contribution in [3.63, 3.8) is 0 Å². The summed E-state index contributed by atoms with van der Waals surface area (Å²) in [6, 6.07) is 0. The smallest absolute Gasteiger partial charge is 0.306 e. The number of amides is 1. The van der Waals surface area contributed by atoms with Gasteiger partial charge in [-0.1, -0.05) is 5.92 Å². The molecule has 1 aliphatic rings. The summed E-state index contributed by atoms with van der Waals surface area (Å²) >= 11 is 0. The topological polar surface area (TPSA) is 49.9 Å². The molecular formula is C13H20N2O3. The van der Waals surface area contributed by atoms with E-state index in [1.165, 1.54) is 0 Å². The lowest BCUT2D eigenvalue weighted by Gasteiger charge is -2.33. The van der Waals surface area contributed by atoms with Crippen LogP contribution in [-0.2, 0) is 14.3 Å². The number of carbonyl (C=O) groups is 2. The number of piperazine rings is 1. The minimum atomic E-state index is -0.309. The Labute approximate surface area is 108 Å². The Morgan fingerprint density at radius 1 is 1.22 bits per heavy atom. The third kappa shape index (κ3) is 4.76. The Balaban J connectivity index is 2.24. The van der Waals surface area contributed by atoms with Crippen LogP contribution in [0.1, 0.15) is 19.8 Å². The fourth-order valence-electron chi connectivity index (χ4n) is 1.88. The molecule has 0 bridgehead atoms. The normalized spacial score (nSPS) is 16.1. The molecule has 0 N–H and O–H groups in total. The second-order valence-electron chi connectivity index (χ2n) is 4.17. The molecule has 1 aliphatic heterocycles. The summed E-state index contributed by atoms with van der Waals surface area (Å²) in [5, 5.41) is 0. The first kappa shape index (κ1) is 14.5. The Morgan fingerprint density at radius 3 is 2.44 bits per heavy atom. The zero-order valence-corrected chi connectivity index (χ0v) is 10.9. The molecule has 0 radical (unpaired) electrons. The summed E-state index contributed by atoms with van der Waals surface area (Å²) < 4.78 is 4.79. The number of nitrogens with zero attached hydrogens (tertiary/aromatic N) is 2. The molecule has 1 amide bonds. The van der Waals surface area contributed by atoms with Gasteiger partial charge in [0.25, 0.3) is 0 Å². The van der Waals surface area contributed by atoms with Crippen molar-refractivity contribution in [2.75, 3.05) is 39.3 Å². The van der Waals surface area contributed by atoms with Crippen LogP contribution in [0.3, 0.4) is 0 Å². The molecule has 5 nitrogen and oxygen atoms in total. The van der Waals surface area contributed by atoms with E-state index in [0.717, 1.165) is 13.1 Å². The van der Waals surface area contributed by atoms with Crippen LogP contribution in [0.4, 0.5) is 0 Å². The quantitative estimate of drug-likeness (QED) is 0.514. The standard InChI is InChI=1S/C13H20N2O3/c1-3-7-14-8-10-15(11-9-14)12(16)5-6-13(17)18-4-2/h1H,4-11H2,2H3. The second-order valence-corrected chi connectivity index (χ2v) is 4.17. The van der Waals surface area contributed by atoms with Gasteiger partial charge in [-0.2, -0.15) is 0 Å². The van der Waals surface area contributed by atoms with Gasteiger partial charge in [0.2, 0.25) is 5.91 Å². The van der Waals surface area contributed by atoms with E-state index in [0.29, 0.717) is 26.2 Å². The van der Waals surface area contributed by atoms with Crippen molar-refractivity contribution < 1.29 is 14.3 Å². The molecular weight excluding hydrogens is 232 g/mol. The summed E-state index contributed by atoms with van der Waals surface area (Å²) in [7, 11) is 0. The van der Waals surface area contributed by atoms with Crippen LogP contribution in [0, 0.1) is 12.3 Å². The first-order valence-electron chi connectivity index (χ1n) is 6.26. The maximum atomic E-state index is 11.8. The number of terminal acetylenes is 1. The number of carbonyl (C=O) groups excluding carboxylic acids is 2. The van der Waals surface area contributed by atoms with E-state index >= 15 is 0 Å². The van der Waals surface area contributed by atoms with Crippen LogP contribution >= 0.6 is 0 Å². The molecule has 0 aromatic rings. The predicted octanol–water partition coefficient (Wildman–Crippen LogP) is 0.107. The average molecular weight is 252 g/mol. The van der Waals surface area contributed by atoms with Gasteiger partial charge in [-0.05, 0) is 6.92 Å². The zero-order chi connectivity index (χ0) is 13.4. The maximum Gasteiger partial charge on any atom is 0.306 e. The number of hydrogen-bond donors (Lipinski definition) is 0. The highest BCUT2D eigenvalue weighted by Crippen LogP contribution is 2.05. The molecule has 1 saturated heterocycles. The van der Waals surface area contributed by atoms with Crippen molar-refractivity contribution >= 4 is 11.9 Å². The van der Waals surface area contributed by atoms with Crippen molar-refractivity contribution in [1.82, 2.24) is 9.80 Å². The number of esters is 1. The van der Waals surface area contributed by atoms with Crippen LogP contribution in [0.25, 0.3) is 0 Å². The molecule has 0 unspecified atom stereocenters. The lowest BCUT2D eigenvalue weighted by Crippen LogP contribution is -2.48. The summed E-state index contributed by atoms with van der Waals surface area (Å²) in [6.45, 7) is 5.71. The van der Waals surface area contributed by atoms with Crippen molar-refractivity contribution in [3.8, 4) is 12.3 Å². The molecule has 5 heteroatoms. The van der Waals surface area contributed by atoms with Gasteiger partial charge in [0, 0.05) is 32.6 Å². The molecule has 1 fully saturated rings. The molecule has 0 aromatic heterocycles. The van der Waals surface area contributed by atoms with Gasteiger partial charge in [-0.25, -0.2) is 0 Å². The molecule has 18 heavy (non-hydrogen) atoms. The SMILES string of the molecule is C#CCN1CCN(C(=O)CCC(=O)OCC)CC1. The summed E-state index contributed by atoms with van der Waals surface area (Å²) in [5.41, 5.74) is 0. The van der Waals surface area contributed by atoms with Gasteiger partial charge >= 0.3 is 5.97 Å². The van der Waals surface area contributed by atoms with Gasteiger partial charge < -0.3 is 9.64 Å². The molecule has 0 spiro atoms. The van der Waals surface area contributed by atoms with Crippen molar-refractivity contribution in [2.24, 2.45) is 0 Å². The summed E-state index contributed by atoms with van der Waals surface area (Å²) in [6.07, 6.45) is 5.63. The molecule has 0 aromatic carbocycles. The van der Waals surface area contributed by atoms with Crippen LogP contribution in [0.2, 0.25) is 0 Å². The van der Waals surface area contributed by atoms with E-state index in [4.69, 9.17) is 11.2 Å². The average Bonchev–Trinajstić information content (AvgIpc) is 2.37. The minimum absolute atomic E-state index is 0.0170. The maximum absolute atomic E-state index is 11.8. The Hall–Kier alpha value is -1.54. The van der Waals surface area contributed by atoms with Crippen LogP contribution in [0.15, 0.2) is 0 Å². The number of hydrogen-bond acceptors (Lipinski definition) is 4. The third-order valence-corrected chi connectivity index (χ3v) is 2.89. The Bertz CT molecular complexity index is 328. The van der Waals surface area contributed by atoms with E-state index in [-0.39, 0.29) is 24.7 Å². The third-order valence-electron chi connectivity index (χ3n) is 2.89. The van der Waals surface area contributed by atoms with E-state index in [2.05, 4.69) is 10.8 Å². The molecule has 1 rings (SSSR count). The fourth-order valence-corrected chi connectivity index (χ4v) is 1.88. The largest absolute Gasteiger partial charge is 0.466 e. The van der Waals surface area contributed by atoms with E-state index in [1.54, 1.807) is 11.8 Å². The van der Waals surface area contributed by atoms with Gasteiger partial charge in [0.1, 0.15) is 0 Å². The molecule has 0 aliphatic carbocycles. The highest BCUT2D eigenvalue weighted by molar-refractivity contribution is 5.81. The van der Waals surface area contributed by atoms with E-state index < -0.39 is 0 Å². The Kier molecular flexibility index (Phi) is 6.23. The predicted molar refractivity (Wildman–Crippen MR) is 67.7 cm³/mol. The monoisotopic (exact) mass is 252 g/mol. The lowest BCUT2D eigenvalue weighted by molar-refractivity contribution is -0.146. The Morgan fingerprint density at radius 2 is 1.89 bits per heavy atom. The van der Waals surface area contributed by atoms with Crippen molar-refractivity contribution in [1.29, 1.82) is 0 Å². The minimum Gasteiger partial charge on any atom is -0.466 e. The highest BCUT2D eigenvalue weighted by Gasteiger charge is 2.20. The van der Waals surface area contributed by atoms with Crippen LogP contribution < -0.4 is 0 Å². The first-order valence-corrected chi connectivity index (χ1v) is 6.26. The lowest BCUT2D eigenvalue weighted by atomic mass is 10.2. The van der Waals surface area contributed by atoms with Gasteiger partial charge in [0.05, 0.1) is 19.6 Å². The first-order chi connectivity index (χ1) is 8.67. The fraction of sp³-hybridized carbons (Fsp3) is 0.692. The van der Waals surface area contributed by atoms with Gasteiger partial charge in [-0.15, -0.1) is 6.42 Å². The van der Waals surface area contributed by atoms with Gasteiger partial charge in [-0.3, -0.25) is 14.5 Å². The number of ether oxygens (including phenoxy) is 1. The summed E-state index contributed by atoms with van der Waals surface area (Å²) in [4.78, 5) is 26.9. The molecule has 100 valence electrons. The summed E-state index contributed by atoms with van der Waals surface area (Å²) in [5.74, 6) is 2.31.